The van der Waals surface area contributed by atoms with Gasteiger partial charge in [0.1, 0.15) is 6.04 Å². The van der Waals surface area contributed by atoms with Gasteiger partial charge in [-0.3, -0.25) is 4.79 Å². The molecule has 0 aromatic carbocycles. The number of aliphatic carboxylic acids is 1. The van der Waals surface area contributed by atoms with Crippen molar-refractivity contribution < 1.29 is 19.8 Å². The molecule has 0 aliphatic carbocycles. The van der Waals surface area contributed by atoms with Crippen LogP contribution >= 0.6 is 0 Å². The van der Waals surface area contributed by atoms with Gasteiger partial charge in [0.25, 0.3) is 0 Å². The van der Waals surface area contributed by atoms with Crippen LogP contribution in [0, 0.1) is 5.92 Å². The lowest BCUT2D eigenvalue weighted by molar-refractivity contribution is -0.143. The summed E-state index contributed by atoms with van der Waals surface area (Å²) in [6, 6.07) is -1.22. The first kappa shape index (κ1) is 13.9. The van der Waals surface area contributed by atoms with Crippen LogP contribution in [0.5, 0.6) is 0 Å². The number of carboxylic acid groups (broad SMARTS) is 1. The highest BCUT2D eigenvalue weighted by Crippen LogP contribution is 2.04. The summed E-state index contributed by atoms with van der Waals surface area (Å²) in [4.78, 5) is 21.9. The second kappa shape index (κ2) is 7.19. The summed E-state index contributed by atoms with van der Waals surface area (Å²) in [5, 5.41) is 19.5. The SMILES string of the molecule is CC(CCCN)C(=O)N[C@H](CO)C(=O)O. The van der Waals surface area contributed by atoms with Crippen LogP contribution in [0.2, 0.25) is 0 Å². The normalized spacial score (nSPS) is 14.3. The van der Waals surface area contributed by atoms with E-state index in [1.165, 1.54) is 0 Å². The maximum Gasteiger partial charge on any atom is 0.328 e. The molecule has 15 heavy (non-hydrogen) atoms. The molecule has 2 atom stereocenters. The van der Waals surface area contributed by atoms with Crippen LogP contribution in [-0.4, -0.2) is 41.3 Å². The van der Waals surface area contributed by atoms with E-state index in [-0.39, 0.29) is 11.8 Å². The molecular weight excluding hydrogens is 200 g/mol. The molecule has 1 amide bonds. The van der Waals surface area contributed by atoms with Crippen molar-refractivity contribution in [2.75, 3.05) is 13.2 Å². The van der Waals surface area contributed by atoms with E-state index >= 15 is 0 Å². The predicted molar refractivity (Wildman–Crippen MR) is 54.1 cm³/mol. The zero-order chi connectivity index (χ0) is 11.8. The molecule has 0 fully saturated rings. The molecule has 0 saturated carbocycles. The highest BCUT2D eigenvalue weighted by molar-refractivity contribution is 5.84. The summed E-state index contributed by atoms with van der Waals surface area (Å²) < 4.78 is 0. The predicted octanol–water partition coefficient (Wildman–Crippen LogP) is -1.08. The van der Waals surface area contributed by atoms with Gasteiger partial charge in [0, 0.05) is 5.92 Å². The Morgan fingerprint density at radius 1 is 1.47 bits per heavy atom. The monoisotopic (exact) mass is 218 g/mol. The Balaban J connectivity index is 4.04. The first-order valence-electron chi connectivity index (χ1n) is 4.87. The number of carbonyl (C=O) groups is 2. The molecule has 0 heterocycles. The van der Waals surface area contributed by atoms with Gasteiger partial charge in [0.15, 0.2) is 0 Å². The van der Waals surface area contributed by atoms with Crippen molar-refractivity contribution in [2.24, 2.45) is 11.7 Å². The smallest absolute Gasteiger partial charge is 0.328 e. The van der Waals surface area contributed by atoms with E-state index in [1.54, 1.807) is 6.92 Å². The fourth-order valence-corrected chi connectivity index (χ4v) is 1.05. The van der Waals surface area contributed by atoms with Crippen molar-refractivity contribution in [3.8, 4) is 0 Å². The zero-order valence-corrected chi connectivity index (χ0v) is 8.77. The summed E-state index contributed by atoms with van der Waals surface area (Å²) >= 11 is 0. The molecule has 6 heteroatoms. The Kier molecular flexibility index (Phi) is 6.64. The minimum atomic E-state index is -1.24. The third-order valence-corrected chi connectivity index (χ3v) is 2.09. The summed E-state index contributed by atoms with van der Waals surface area (Å²) in [6.07, 6.45) is 1.32. The van der Waals surface area contributed by atoms with Gasteiger partial charge < -0.3 is 21.3 Å². The number of hydrogen-bond donors (Lipinski definition) is 4. The fraction of sp³-hybridized carbons (Fsp3) is 0.778. The topological polar surface area (TPSA) is 113 Å². The molecule has 0 bridgehead atoms. The molecule has 0 saturated heterocycles. The van der Waals surface area contributed by atoms with Crippen molar-refractivity contribution in [2.45, 2.75) is 25.8 Å². The lowest BCUT2D eigenvalue weighted by Crippen LogP contribution is -2.45. The number of nitrogens with one attached hydrogen (secondary N) is 1. The number of rotatable bonds is 7. The van der Waals surface area contributed by atoms with Crippen LogP contribution in [-0.2, 0) is 9.59 Å². The molecule has 6 nitrogen and oxygen atoms in total. The Morgan fingerprint density at radius 2 is 2.07 bits per heavy atom. The first-order valence-corrected chi connectivity index (χ1v) is 4.87. The lowest BCUT2D eigenvalue weighted by Gasteiger charge is -2.15. The highest BCUT2D eigenvalue weighted by Gasteiger charge is 2.21. The number of nitrogens with two attached hydrogens (primary N) is 1. The molecule has 0 aliphatic rings. The molecule has 88 valence electrons. The standard InChI is InChI=1S/C9H18N2O4/c1-6(3-2-4-10)8(13)11-7(5-12)9(14)15/h6-7,12H,2-5,10H2,1H3,(H,11,13)(H,14,15)/t6?,7-/m1/s1. The third kappa shape index (κ3) is 5.34. The van der Waals surface area contributed by atoms with E-state index in [4.69, 9.17) is 15.9 Å². The minimum Gasteiger partial charge on any atom is -0.480 e. The number of carbonyl (C=O) groups excluding carboxylic acids is 1. The van der Waals surface area contributed by atoms with Crippen LogP contribution < -0.4 is 11.1 Å². The van der Waals surface area contributed by atoms with Gasteiger partial charge in [-0.2, -0.15) is 0 Å². The fourth-order valence-electron chi connectivity index (χ4n) is 1.05. The van der Waals surface area contributed by atoms with E-state index in [9.17, 15) is 9.59 Å². The zero-order valence-electron chi connectivity index (χ0n) is 8.77. The van der Waals surface area contributed by atoms with Gasteiger partial charge in [-0.25, -0.2) is 4.79 Å². The number of amides is 1. The van der Waals surface area contributed by atoms with Crippen molar-refractivity contribution >= 4 is 11.9 Å². The molecular formula is C9H18N2O4. The molecule has 0 radical (unpaired) electrons. The molecule has 0 aromatic heterocycles. The van der Waals surface area contributed by atoms with E-state index in [0.717, 1.165) is 0 Å². The van der Waals surface area contributed by atoms with Gasteiger partial charge >= 0.3 is 5.97 Å². The van der Waals surface area contributed by atoms with Crippen molar-refractivity contribution in [1.29, 1.82) is 0 Å². The van der Waals surface area contributed by atoms with E-state index in [2.05, 4.69) is 5.32 Å². The number of aliphatic hydroxyl groups is 1. The van der Waals surface area contributed by atoms with Gasteiger partial charge in [-0.05, 0) is 19.4 Å². The van der Waals surface area contributed by atoms with E-state index in [1.807, 2.05) is 0 Å². The van der Waals surface area contributed by atoms with Gasteiger partial charge in [0.05, 0.1) is 6.61 Å². The lowest BCUT2D eigenvalue weighted by atomic mass is 10.0. The second-order valence-electron chi connectivity index (χ2n) is 3.41. The Morgan fingerprint density at radius 3 is 2.47 bits per heavy atom. The second-order valence-corrected chi connectivity index (χ2v) is 3.41. The molecule has 5 N–H and O–H groups in total. The maximum absolute atomic E-state index is 11.4. The maximum atomic E-state index is 11.4. The molecule has 0 aromatic rings. The number of carboxylic acids is 1. The average Bonchev–Trinajstić information content (AvgIpc) is 2.21. The summed E-state index contributed by atoms with van der Waals surface area (Å²) in [6.45, 7) is 1.59. The summed E-state index contributed by atoms with van der Waals surface area (Å²) in [7, 11) is 0. The van der Waals surface area contributed by atoms with Crippen LogP contribution in [0.15, 0.2) is 0 Å². The van der Waals surface area contributed by atoms with E-state index in [0.29, 0.717) is 19.4 Å². The average molecular weight is 218 g/mol. The van der Waals surface area contributed by atoms with Crippen LogP contribution in [0.4, 0.5) is 0 Å². The number of aliphatic hydroxyl groups excluding tert-OH is 1. The molecule has 0 rings (SSSR count). The molecule has 0 spiro atoms. The Hall–Kier alpha value is -1.14. The van der Waals surface area contributed by atoms with Crippen LogP contribution in [0.1, 0.15) is 19.8 Å². The first-order chi connectivity index (χ1) is 7.02. The van der Waals surface area contributed by atoms with Crippen molar-refractivity contribution in [3.63, 3.8) is 0 Å². The number of hydrogen-bond acceptors (Lipinski definition) is 4. The van der Waals surface area contributed by atoms with Crippen molar-refractivity contribution in [3.05, 3.63) is 0 Å². The largest absolute Gasteiger partial charge is 0.480 e. The van der Waals surface area contributed by atoms with Crippen molar-refractivity contribution in [1.82, 2.24) is 5.32 Å². The summed E-state index contributed by atoms with van der Waals surface area (Å²) in [5.41, 5.74) is 5.29. The molecule has 0 aliphatic heterocycles. The van der Waals surface area contributed by atoms with Gasteiger partial charge in [0.2, 0.25) is 5.91 Å². The minimum absolute atomic E-state index is 0.290. The van der Waals surface area contributed by atoms with Crippen LogP contribution in [0.3, 0.4) is 0 Å². The van der Waals surface area contributed by atoms with Gasteiger partial charge in [-0.15, -0.1) is 0 Å². The quantitative estimate of drug-likeness (QED) is 0.434. The van der Waals surface area contributed by atoms with E-state index < -0.39 is 18.6 Å². The highest BCUT2D eigenvalue weighted by atomic mass is 16.4. The Bertz CT molecular complexity index is 220. The third-order valence-electron chi connectivity index (χ3n) is 2.09. The summed E-state index contributed by atoms with van der Waals surface area (Å²) in [5.74, 6) is -1.90. The Labute approximate surface area is 88.5 Å². The van der Waals surface area contributed by atoms with Gasteiger partial charge in [-0.1, -0.05) is 6.92 Å². The molecule has 1 unspecified atom stereocenters. The van der Waals surface area contributed by atoms with Crippen LogP contribution in [0.25, 0.3) is 0 Å².